The predicted molar refractivity (Wildman–Crippen MR) is 65.2 cm³/mol. The highest BCUT2D eigenvalue weighted by Gasteiger charge is 2.24. The third kappa shape index (κ3) is 2.68. The molecular weight excluding hydrogens is 236 g/mol. The molecule has 1 aliphatic heterocycles. The summed E-state index contributed by atoms with van der Waals surface area (Å²) in [4.78, 5) is 13.3. The van der Waals surface area contributed by atoms with Crippen molar-refractivity contribution in [3.8, 4) is 0 Å². The number of rotatable bonds is 2. The Morgan fingerprint density at radius 3 is 2.56 bits per heavy atom. The maximum atomic E-state index is 13.6. The van der Waals surface area contributed by atoms with Crippen LogP contribution in [-0.2, 0) is 4.79 Å². The van der Waals surface area contributed by atoms with Gasteiger partial charge in [0.05, 0.1) is 0 Å². The molecule has 18 heavy (non-hydrogen) atoms. The smallest absolute Gasteiger partial charge is 0.222 e. The SMILES string of the molecule is CCC(=O)N1CCC(c2ccc(F)cc2F)CC1. The Kier molecular flexibility index (Phi) is 3.94. The molecule has 0 unspecified atom stereocenters. The van der Waals surface area contributed by atoms with Gasteiger partial charge in [-0.05, 0) is 30.4 Å². The van der Waals surface area contributed by atoms with E-state index in [1.165, 1.54) is 12.1 Å². The van der Waals surface area contributed by atoms with E-state index in [1.54, 1.807) is 0 Å². The van der Waals surface area contributed by atoms with Crippen molar-refractivity contribution in [2.45, 2.75) is 32.1 Å². The van der Waals surface area contributed by atoms with E-state index >= 15 is 0 Å². The molecule has 0 aliphatic carbocycles. The van der Waals surface area contributed by atoms with Crippen molar-refractivity contribution in [2.75, 3.05) is 13.1 Å². The van der Waals surface area contributed by atoms with Gasteiger partial charge in [0.25, 0.3) is 0 Å². The molecule has 1 aromatic carbocycles. The largest absolute Gasteiger partial charge is 0.343 e. The minimum absolute atomic E-state index is 0.0894. The van der Waals surface area contributed by atoms with Gasteiger partial charge in [-0.15, -0.1) is 0 Å². The van der Waals surface area contributed by atoms with Crippen molar-refractivity contribution in [2.24, 2.45) is 0 Å². The van der Waals surface area contributed by atoms with E-state index in [4.69, 9.17) is 0 Å². The van der Waals surface area contributed by atoms with Gasteiger partial charge in [-0.2, -0.15) is 0 Å². The van der Waals surface area contributed by atoms with Gasteiger partial charge in [0, 0.05) is 25.6 Å². The van der Waals surface area contributed by atoms with Gasteiger partial charge in [-0.25, -0.2) is 8.78 Å². The summed E-state index contributed by atoms with van der Waals surface area (Å²) >= 11 is 0. The molecule has 1 heterocycles. The average molecular weight is 253 g/mol. The van der Waals surface area contributed by atoms with Crippen LogP contribution in [0.1, 0.15) is 37.7 Å². The molecule has 4 heteroatoms. The second-order valence-electron chi connectivity index (χ2n) is 4.67. The molecule has 0 spiro atoms. The van der Waals surface area contributed by atoms with Gasteiger partial charge in [-0.1, -0.05) is 13.0 Å². The lowest BCUT2D eigenvalue weighted by Crippen LogP contribution is -2.37. The number of hydrogen-bond donors (Lipinski definition) is 0. The fourth-order valence-corrected chi connectivity index (χ4v) is 2.50. The summed E-state index contributed by atoms with van der Waals surface area (Å²) in [5.41, 5.74) is 0.569. The zero-order valence-electron chi connectivity index (χ0n) is 10.5. The van der Waals surface area contributed by atoms with E-state index in [2.05, 4.69) is 0 Å². The molecule has 0 atom stereocenters. The molecular formula is C14H17F2NO. The summed E-state index contributed by atoms with van der Waals surface area (Å²) in [6.45, 7) is 3.16. The van der Waals surface area contributed by atoms with E-state index < -0.39 is 11.6 Å². The number of nitrogens with zero attached hydrogens (tertiary/aromatic N) is 1. The zero-order valence-corrected chi connectivity index (χ0v) is 10.5. The molecule has 1 aromatic rings. The molecule has 98 valence electrons. The number of hydrogen-bond acceptors (Lipinski definition) is 1. The molecule has 1 fully saturated rings. The monoisotopic (exact) mass is 253 g/mol. The van der Waals surface area contributed by atoms with E-state index in [9.17, 15) is 13.6 Å². The number of benzene rings is 1. The summed E-state index contributed by atoms with van der Waals surface area (Å²) in [7, 11) is 0. The third-order valence-electron chi connectivity index (χ3n) is 3.55. The van der Waals surface area contributed by atoms with Gasteiger partial charge < -0.3 is 4.90 Å². The number of likely N-dealkylation sites (tertiary alicyclic amines) is 1. The normalized spacial score (nSPS) is 16.9. The van der Waals surface area contributed by atoms with Crippen LogP contribution in [0.4, 0.5) is 8.78 Å². The Morgan fingerprint density at radius 1 is 1.33 bits per heavy atom. The molecule has 1 saturated heterocycles. The Balaban J connectivity index is 2.03. The Hall–Kier alpha value is -1.45. The van der Waals surface area contributed by atoms with Crippen molar-refractivity contribution >= 4 is 5.91 Å². The van der Waals surface area contributed by atoms with Crippen LogP contribution in [0.5, 0.6) is 0 Å². The molecule has 0 N–H and O–H groups in total. The number of halogens is 2. The summed E-state index contributed by atoms with van der Waals surface area (Å²) in [5.74, 6) is -0.787. The second-order valence-corrected chi connectivity index (χ2v) is 4.67. The third-order valence-corrected chi connectivity index (χ3v) is 3.55. The molecule has 0 aromatic heterocycles. The molecule has 2 nitrogen and oxygen atoms in total. The van der Waals surface area contributed by atoms with Crippen molar-refractivity contribution in [1.29, 1.82) is 0 Å². The first kappa shape index (κ1) is 13.0. The van der Waals surface area contributed by atoms with Crippen LogP contribution in [0, 0.1) is 11.6 Å². The first-order valence-corrected chi connectivity index (χ1v) is 6.34. The average Bonchev–Trinajstić information content (AvgIpc) is 2.38. The van der Waals surface area contributed by atoms with Crippen LogP contribution < -0.4 is 0 Å². The summed E-state index contributed by atoms with van der Waals surface area (Å²) < 4.78 is 26.5. The first-order valence-electron chi connectivity index (χ1n) is 6.34. The van der Waals surface area contributed by atoms with E-state index in [1.807, 2.05) is 11.8 Å². The summed E-state index contributed by atoms with van der Waals surface area (Å²) in [6.07, 6.45) is 2.00. The zero-order chi connectivity index (χ0) is 13.1. The van der Waals surface area contributed by atoms with Crippen molar-refractivity contribution in [3.05, 3.63) is 35.4 Å². The van der Waals surface area contributed by atoms with E-state index in [0.29, 0.717) is 25.1 Å². The lowest BCUT2D eigenvalue weighted by molar-refractivity contribution is -0.131. The summed E-state index contributed by atoms with van der Waals surface area (Å²) in [6, 6.07) is 3.74. The maximum Gasteiger partial charge on any atom is 0.222 e. The highest BCUT2D eigenvalue weighted by Crippen LogP contribution is 2.30. The number of carbonyl (C=O) groups excluding carboxylic acids is 1. The molecule has 1 aliphatic rings. The minimum atomic E-state index is -0.546. The van der Waals surface area contributed by atoms with E-state index in [0.717, 1.165) is 18.9 Å². The van der Waals surface area contributed by atoms with Crippen LogP contribution in [0.15, 0.2) is 18.2 Å². The van der Waals surface area contributed by atoms with Crippen LogP contribution in [0.2, 0.25) is 0 Å². The predicted octanol–water partition coefficient (Wildman–Crippen LogP) is 3.08. The second kappa shape index (κ2) is 5.46. The van der Waals surface area contributed by atoms with Crippen LogP contribution in [-0.4, -0.2) is 23.9 Å². The molecule has 0 saturated carbocycles. The molecule has 0 bridgehead atoms. The highest BCUT2D eigenvalue weighted by atomic mass is 19.1. The fraction of sp³-hybridized carbons (Fsp3) is 0.500. The lowest BCUT2D eigenvalue weighted by atomic mass is 9.89. The van der Waals surface area contributed by atoms with Crippen LogP contribution in [0.3, 0.4) is 0 Å². The van der Waals surface area contributed by atoms with Gasteiger partial charge in [-0.3, -0.25) is 4.79 Å². The quantitative estimate of drug-likeness (QED) is 0.793. The standard InChI is InChI=1S/C14H17F2NO/c1-2-14(18)17-7-5-10(6-8-17)12-4-3-11(15)9-13(12)16/h3-4,9-10H,2,5-8H2,1H3. The Labute approximate surface area is 106 Å². The van der Waals surface area contributed by atoms with Gasteiger partial charge in [0.15, 0.2) is 0 Å². The number of carbonyl (C=O) groups is 1. The van der Waals surface area contributed by atoms with Crippen molar-refractivity contribution < 1.29 is 13.6 Å². The first-order chi connectivity index (χ1) is 8.61. The van der Waals surface area contributed by atoms with Gasteiger partial charge >= 0.3 is 0 Å². The number of amides is 1. The molecule has 2 rings (SSSR count). The lowest BCUT2D eigenvalue weighted by Gasteiger charge is -2.32. The van der Waals surface area contributed by atoms with Crippen LogP contribution in [0.25, 0.3) is 0 Å². The van der Waals surface area contributed by atoms with Crippen molar-refractivity contribution in [3.63, 3.8) is 0 Å². The summed E-state index contributed by atoms with van der Waals surface area (Å²) in [5, 5.41) is 0. The molecule has 1 amide bonds. The fourth-order valence-electron chi connectivity index (χ4n) is 2.50. The molecule has 0 radical (unpaired) electrons. The Morgan fingerprint density at radius 2 is 2.00 bits per heavy atom. The van der Waals surface area contributed by atoms with E-state index in [-0.39, 0.29) is 11.8 Å². The minimum Gasteiger partial charge on any atom is -0.343 e. The Bertz CT molecular complexity index is 439. The maximum absolute atomic E-state index is 13.6. The van der Waals surface area contributed by atoms with Gasteiger partial charge in [0.1, 0.15) is 11.6 Å². The highest BCUT2D eigenvalue weighted by molar-refractivity contribution is 5.75. The number of piperidine rings is 1. The van der Waals surface area contributed by atoms with Gasteiger partial charge in [0.2, 0.25) is 5.91 Å². The topological polar surface area (TPSA) is 20.3 Å². The van der Waals surface area contributed by atoms with Crippen LogP contribution >= 0.6 is 0 Å². The van der Waals surface area contributed by atoms with Crippen molar-refractivity contribution in [1.82, 2.24) is 4.90 Å².